The first-order valence-electron chi connectivity index (χ1n) is 9.20. The number of carboxylic acid groups (broad SMARTS) is 1. The minimum atomic E-state index is -0.964. The third kappa shape index (κ3) is 3.25. The maximum atomic E-state index is 12.6. The fourth-order valence-corrected chi connectivity index (χ4v) is 3.67. The molecule has 0 radical (unpaired) electrons. The molecule has 3 aromatic rings. The minimum Gasteiger partial charge on any atom is -0.480 e. The van der Waals surface area contributed by atoms with Crippen molar-refractivity contribution < 1.29 is 14.7 Å². The van der Waals surface area contributed by atoms with Crippen molar-refractivity contribution in [3.05, 3.63) is 41.2 Å². The Hall–Kier alpha value is -2.96. The number of carbonyl (C=O) groups is 2. The van der Waals surface area contributed by atoms with Gasteiger partial charge in [0.1, 0.15) is 6.54 Å². The summed E-state index contributed by atoms with van der Waals surface area (Å²) in [6, 6.07) is 7.98. The first kappa shape index (κ1) is 17.5. The summed E-state index contributed by atoms with van der Waals surface area (Å²) in [5.74, 6) is -1.07. The highest BCUT2D eigenvalue weighted by Gasteiger charge is 2.33. The molecule has 1 aliphatic carbocycles. The molecular weight excluding hydrogens is 344 g/mol. The monoisotopic (exact) mass is 366 g/mol. The van der Waals surface area contributed by atoms with Gasteiger partial charge in [0.25, 0.3) is 0 Å². The van der Waals surface area contributed by atoms with Crippen LogP contribution in [0, 0.1) is 13.8 Å². The molecule has 0 saturated heterocycles. The third-order valence-corrected chi connectivity index (χ3v) is 5.22. The zero-order valence-corrected chi connectivity index (χ0v) is 15.5. The Kier molecular flexibility index (Phi) is 4.30. The first-order valence-corrected chi connectivity index (χ1v) is 9.20. The molecule has 2 heterocycles. The van der Waals surface area contributed by atoms with Crippen molar-refractivity contribution in [1.82, 2.24) is 19.5 Å². The normalized spacial score (nSPS) is 14.0. The number of carboxylic acids is 1. The van der Waals surface area contributed by atoms with Gasteiger partial charge in [-0.15, -0.1) is 0 Å². The second-order valence-electron chi connectivity index (χ2n) is 7.16. The second-order valence-corrected chi connectivity index (χ2v) is 7.16. The number of rotatable bonds is 6. The number of hydrogen-bond donors (Lipinski definition) is 1. The van der Waals surface area contributed by atoms with Crippen molar-refractivity contribution in [2.24, 2.45) is 0 Å². The Labute approximate surface area is 156 Å². The lowest BCUT2D eigenvalue weighted by atomic mass is 10.1. The van der Waals surface area contributed by atoms with E-state index >= 15 is 0 Å². The molecule has 0 atom stereocenters. The second kappa shape index (κ2) is 6.64. The van der Waals surface area contributed by atoms with Gasteiger partial charge in [-0.2, -0.15) is 5.10 Å². The van der Waals surface area contributed by atoms with E-state index in [1.54, 1.807) is 0 Å². The predicted molar refractivity (Wildman–Crippen MR) is 101 cm³/mol. The maximum absolute atomic E-state index is 12.6. The quantitative estimate of drug-likeness (QED) is 0.724. The number of amides is 1. The van der Waals surface area contributed by atoms with E-state index in [9.17, 15) is 9.59 Å². The lowest BCUT2D eigenvalue weighted by Gasteiger charge is -2.20. The van der Waals surface area contributed by atoms with Crippen molar-refractivity contribution in [3.8, 4) is 0 Å². The molecule has 1 N–H and O–H groups in total. The summed E-state index contributed by atoms with van der Waals surface area (Å²) >= 11 is 0. The van der Waals surface area contributed by atoms with Crippen LogP contribution in [-0.2, 0) is 16.0 Å². The Balaban J connectivity index is 1.61. The number of hydrogen-bond acceptors (Lipinski definition) is 4. The zero-order chi connectivity index (χ0) is 19.1. The average molecular weight is 366 g/mol. The van der Waals surface area contributed by atoms with Gasteiger partial charge in [-0.3, -0.25) is 9.59 Å². The molecule has 27 heavy (non-hydrogen) atoms. The molecule has 0 unspecified atom stereocenters. The van der Waals surface area contributed by atoms with Gasteiger partial charge in [0, 0.05) is 29.2 Å². The van der Waals surface area contributed by atoms with E-state index in [1.165, 1.54) is 4.90 Å². The minimum absolute atomic E-state index is 0.0906. The Morgan fingerprint density at radius 1 is 1.26 bits per heavy atom. The standard InChI is InChI=1S/C20H22N4O3/c1-12-15(9-10-18(25)23(11-19(26)27)14-7-8-14)13(2)24-20(21-12)16-5-3-4-6-17(16)22-24/h3-6,14H,7-11H2,1-2H3,(H,26,27). The van der Waals surface area contributed by atoms with E-state index in [1.807, 2.05) is 42.6 Å². The van der Waals surface area contributed by atoms with Gasteiger partial charge >= 0.3 is 5.97 Å². The van der Waals surface area contributed by atoms with Crippen LogP contribution < -0.4 is 0 Å². The van der Waals surface area contributed by atoms with Crippen molar-refractivity contribution >= 4 is 28.4 Å². The highest BCUT2D eigenvalue weighted by atomic mass is 16.4. The highest BCUT2D eigenvalue weighted by molar-refractivity contribution is 5.92. The van der Waals surface area contributed by atoms with Crippen LogP contribution in [0.1, 0.15) is 36.2 Å². The van der Waals surface area contributed by atoms with Crippen LogP contribution in [-0.4, -0.2) is 49.1 Å². The third-order valence-electron chi connectivity index (χ3n) is 5.22. The van der Waals surface area contributed by atoms with Crippen LogP contribution >= 0.6 is 0 Å². The predicted octanol–water partition coefficient (Wildman–Crippen LogP) is 2.51. The summed E-state index contributed by atoms with van der Waals surface area (Å²) in [7, 11) is 0. The van der Waals surface area contributed by atoms with Crippen molar-refractivity contribution in [3.63, 3.8) is 0 Å². The number of aromatic nitrogens is 3. The van der Waals surface area contributed by atoms with Crippen LogP contribution in [0.15, 0.2) is 24.3 Å². The largest absolute Gasteiger partial charge is 0.480 e. The van der Waals surface area contributed by atoms with Gasteiger partial charge in [0.2, 0.25) is 5.91 Å². The van der Waals surface area contributed by atoms with Crippen molar-refractivity contribution in [1.29, 1.82) is 0 Å². The SMILES string of the molecule is Cc1nc2c3ccccc3nn2c(C)c1CCC(=O)N(CC(=O)O)C1CC1. The van der Waals surface area contributed by atoms with Gasteiger partial charge < -0.3 is 10.0 Å². The summed E-state index contributed by atoms with van der Waals surface area (Å²) in [5, 5.41) is 14.7. The first-order chi connectivity index (χ1) is 13.0. The van der Waals surface area contributed by atoms with Crippen LogP contribution in [0.3, 0.4) is 0 Å². The van der Waals surface area contributed by atoms with E-state index < -0.39 is 5.97 Å². The maximum Gasteiger partial charge on any atom is 0.323 e. The van der Waals surface area contributed by atoms with Crippen LogP contribution in [0.5, 0.6) is 0 Å². The molecule has 1 aromatic carbocycles. The van der Waals surface area contributed by atoms with Crippen LogP contribution in [0.2, 0.25) is 0 Å². The Morgan fingerprint density at radius 2 is 2.00 bits per heavy atom. The lowest BCUT2D eigenvalue weighted by Crippen LogP contribution is -2.37. The summed E-state index contributed by atoms with van der Waals surface area (Å²) in [6.07, 6.45) is 2.59. The number of nitrogens with zero attached hydrogens (tertiary/aromatic N) is 4. The molecule has 140 valence electrons. The summed E-state index contributed by atoms with van der Waals surface area (Å²) < 4.78 is 1.84. The molecule has 0 bridgehead atoms. The fourth-order valence-electron chi connectivity index (χ4n) is 3.67. The number of carbonyl (C=O) groups excluding carboxylic acids is 1. The number of aliphatic carboxylic acids is 1. The summed E-state index contributed by atoms with van der Waals surface area (Å²) in [6.45, 7) is 3.72. The van der Waals surface area contributed by atoms with Crippen molar-refractivity contribution in [2.45, 2.75) is 45.6 Å². The summed E-state index contributed by atoms with van der Waals surface area (Å²) in [4.78, 5) is 29.9. The van der Waals surface area contributed by atoms with Gasteiger partial charge in [-0.1, -0.05) is 12.1 Å². The molecule has 1 fully saturated rings. The zero-order valence-electron chi connectivity index (χ0n) is 15.5. The van der Waals surface area contributed by atoms with Crippen LogP contribution in [0.4, 0.5) is 0 Å². The molecule has 2 aromatic heterocycles. The molecule has 1 saturated carbocycles. The molecule has 1 aliphatic rings. The number of benzene rings is 1. The number of fused-ring (bicyclic) bond motifs is 3. The number of aryl methyl sites for hydroxylation is 2. The molecule has 7 nitrogen and oxygen atoms in total. The Bertz CT molecular complexity index is 1050. The smallest absolute Gasteiger partial charge is 0.323 e. The van der Waals surface area contributed by atoms with Gasteiger partial charge in [0.05, 0.1) is 5.52 Å². The highest BCUT2D eigenvalue weighted by Crippen LogP contribution is 2.28. The lowest BCUT2D eigenvalue weighted by molar-refractivity contribution is -0.144. The molecule has 0 aliphatic heterocycles. The molecular formula is C20H22N4O3. The molecule has 7 heteroatoms. The fraction of sp³-hybridized carbons (Fsp3) is 0.400. The topological polar surface area (TPSA) is 87.8 Å². The van der Waals surface area contributed by atoms with E-state index in [0.717, 1.165) is 46.3 Å². The Morgan fingerprint density at radius 3 is 2.70 bits per heavy atom. The van der Waals surface area contributed by atoms with Gasteiger partial charge in [0.15, 0.2) is 5.65 Å². The van der Waals surface area contributed by atoms with E-state index in [2.05, 4.69) is 5.10 Å². The van der Waals surface area contributed by atoms with E-state index in [0.29, 0.717) is 6.42 Å². The molecule has 0 spiro atoms. The van der Waals surface area contributed by atoms with Crippen molar-refractivity contribution in [2.75, 3.05) is 6.54 Å². The van der Waals surface area contributed by atoms with Crippen LogP contribution in [0.25, 0.3) is 16.6 Å². The van der Waals surface area contributed by atoms with Gasteiger partial charge in [-0.05, 0) is 50.8 Å². The summed E-state index contributed by atoms with van der Waals surface area (Å²) in [5.41, 5.74) is 4.56. The molecule has 1 amide bonds. The average Bonchev–Trinajstić information content (AvgIpc) is 3.41. The van der Waals surface area contributed by atoms with E-state index in [4.69, 9.17) is 10.1 Å². The molecule has 4 rings (SSSR count). The van der Waals surface area contributed by atoms with E-state index in [-0.39, 0.29) is 24.9 Å². The van der Waals surface area contributed by atoms with Gasteiger partial charge in [-0.25, -0.2) is 9.50 Å².